The molecule has 1 unspecified atom stereocenters. The molecule has 23 heavy (non-hydrogen) atoms. The minimum atomic E-state index is -0.973. The van der Waals surface area contributed by atoms with Crippen molar-refractivity contribution in [3.63, 3.8) is 0 Å². The van der Waals surface area contributed by atoms with E-state index in [-0.39, 0.29) is 5.91 Å². The molecule has 2 heterocycles. The topological polar surface area (TPSA) is 101 Å². The molecule has 1 saturated heterocycles. The Morgan fingerprint density at radius 3 is 2.74 bits per heavy atom. The van der Waals surface area contributed by atoms with Crippen molar-refractivity contribution in [1.82, 2.24) is 25.1 Å². The van der Waals surface area contributed by atoms with E-state index in [9.17, 15) is 14.7 Å². The average Bonchev–Trinajstić information content (AvgIpc) is 3.23. The van der Waals surface area contributed by atoms with Gasteiger partial charge in [0, 0.05) is 12.1 Å². The summed E-state index contributed by atoms with van der Waals surface area (Å²) in [5, 5.41) is 21.3. The summed E-state index contributed by atoms with van der Waals surface area (Å²) in [5.41, 5.74) is 0.808. The number of likely N-dealkylation sites (tertiary alicyclic amines) is 1. The summed E-state index contributed by atoms with van der Waals surface area (Å²) in [6, 6.07) is 7.88. The molecule has 8 nitrogen and oxygen atoms in total. The van der Waals surface area contributed by atoms with Gasteiger partial charge in [0.2, 0.25) is 11.7 Å². The molecule has 1 aliphatic rings. The maximum Gasteiger partial charge on any atom is 0.326 e. The number of hydrogen-bond donors (Lipinski definition) is 1. The Hall–Kier alpha value is -2.77. The first-order valence-electron chi connectivity index (χ1n) is 7.46. The van der Waals surface area contributed by atoms with Gasteiger partial charge in [0.1, 0.15) is 12.1 Å². The summed E-state index contributed by atoms with van der Waals surface area (Å²) in [7, 11) is 0. The molecule has 3 rings (SSSR count). The van der Waals surface area contributed by atoms with Crippen molar-refractivity contribution < 1.29 is 14.7 Å². The lowest BCUT2D eigenvalue weighted by Gasteiger charge is -2.24. The molecule has 0 bridgehead atoms. The van der Waals surface area contributed by atoms with Gasteiger partial charge in [-0.3, -0.25) is 4.79 Å². The van der Waals surface area contributed by atoms with E-state index in [2.05, 4.69) is 15.4 Å². The third kappa shape index (κ3) is 2.92. The number of aromatic nitrogens is 4. The maximum atomic E-state index is 12.5. The molecule has 1 aromatic carbocycles. The second-order valence-electron chi connectivity index (χ2n) is 5.50. The molecule has 2 aromatic rings. The van der Waals surface area contributed by atoms with Crippen molar-refractivity contribution in [3.8, 4) is 11.4 Å². The van der Waals surface area contributed by atoms with Gasteiger partial charge in [-0.05, 0) is 25.0 Å². The van der Waals surface area contributed by atoms with E-state index in [0.717, 1.165) is 5.56 Å². The zero-order chi connectivity index (χ0) is 16.4. The molecule has 1 fully saturated rings. The Labute approximate surface area is 132 Å². The predicted molar refractivity (Wildman–Crippen MR) is 80.3 cm³/mol. The fourth-order valence-electron chi connectivity index (χ4n) is 2.72. The van der Waals surface area contributed by atoms with Gasteiger partial charge in [-0.15, -0.1) is 10.2 Å². The molecular weight excluding hydrogens is 298 g/mol. The van der Waals surface area contributed by atoms with Crippen LogP contribution >= 0.6 is 0 Å². The van der Waals surface area contributed by atoms with E-state index in [0.29, 0.717) is 25.2 Å². The molecular formula is C15H17N5O3. The molecule has 0 saturated carbocycles. The van der Waals surface area contributed by atoms with Gasteiger partial charge in [0.05, 0.1) is 0 Å². The van der Waals surface area contributed by atoms with Crippen molar-refractivity contribution in [2.75, 3.05) is 6.54 Å². The summed E-state index contributed by atoms with van der Waals surface area (Å²) in [4.78, 5) is 26.4. The summed E-state index contributed by atoms with van der Waals surface area (Å²) in [6.07, 6.45) is 1.17. The maximum absolute atomic E-state index is 12.5. The van der Waals surface area contributed by atoms with Gasteiger partial charge < -0.3 is 10.0 Å². The Bertz CT molecular complexity index is 715. The highest BCUT2D eigenvalue weighted by Gasteiger charge is 2.37. The molecule has 0 radical (unpaired) electrons. The minimum absolute atomic E-state index is 0.299. The number of aliphatic carboxylic acids is 1. The molecule has 1 aromatic heterocycles. The van der Waals surface area contributed by atoms with Crippen LogP contribution in [0.3, 0.4) is 0 Å². The second kappa shape index (κ2) is 6.15. The van der Waals surface area contributed by atoms with Gasteiger partial charge in [0.25, 0.3) is 0 Å². The number of tetrazole rings is 1. The van der Waals surface area contributed by atoms with E-state index >= 15 is 0 Å². The van der Waals surface area contributed by atoms with Gasteiger partial charge >= 0.3 is 5.97 Å². The zero-order valence-electron chi connectivity index (χ0n) is 12.7. The number of benzene rings is 1. The van der Waals surface area contributed by atoms with Crippen LogP contribution in [0.25, 0.3) is 11.4 Å². The summed E-state index contributed by atoms with van der Waals surface area (Å²) >= 11 is 0. The monoisotopic (exact) mass is 315 g/mol. The number of amides is 1. The van der Waals surface area contributed by atoms with Crippen LogP contribution in [0.2, 0.25) is 0 Å². The second-order valence-corrected chi connectivity index (χ2v) is 5.50. The first-order valence-corrected chi connectivity index (χ1v) is 7.46. The zero-order valence-corrected chi connectivity index (χ0v) is 12.7. The van der Waals surface area contributed by atoms with Crippen molar-refractivity contribution in [2.24, 2.45) is 0 Å². The number of carboxylic acids is 1. The highest BCUT2D eigenvalue weighted by Crippen LogP contribution is 2.21. The lowest BCUT2D eigenvalue weighted by Crippen LogP contribution is -2.43. The number of rotatable bonds is 4. The van der Waals surface area contributed by atoms with Gasteiger partial charge in [-0.2, -0.15) is 4.80 Å². The van der Waals surface area contributed by atoms with E-state index in [1.54, 1.807) is 6.92 Å². The van der Waals surface area contributed by atoms with Crippen LogP contribution in [0.4, 0.5) is 0 Å². The SMILES string of the molecule is CC(C(=O)N1CCC[C@H]1C(=O)O)n1nnc(-c2ccccc2)n1. The minimum Gasteiger partial charge on any atom is -0.480 e. The Morgan fingerprint density at radius 1 is 1.30 bits per heavy atom. The fraction of sp³-hybridized carbons (Fsp3) is 0.400. The molecule has 0 aliphatic carbocycles. The Balaban J connectivity index is 1.78. The smallest absolute Gasteiger partial charge is 0.326 e. The molecule has 1 amide bonds. The van der Waals surface area contributed by atoms with E-state index in [1.807, 2.05) is 30.3 Å². The van der Waals surface area contributed by atoms with Crippen molar-refractivity contribution in [3.05, 3.63) is 30.3 Å². The van der Waals surface area contributed by atoms with Gasteiger partial charge in [-0.25, -0.2) is 4.79 Å². The number of nitrogens with zero attached hydrogens (tertiary/aromatic N) is 5. The van der Waals surface area contributed by atoms with Crippen molar-refractivity contribution >= 4 is 11.9 Å². The lowest BCUT2D eigenvalue weighted by atomic mass is 10.2. The number of carbonyl (C=O) groups excluding carboxylic acids is 1. The van der Waals surface area contributed by atoms with Crippen LogP contribution in [-0.4, -0.2) is 54.7 Å². The molecule has 8 heteroatoms. The van der Waals surface area contributed by atoms with Crippen LogP contribution in [0.1, 0.15) is 25.8 Å². The first-order chi connectivity index (χ1) is 11.1. The van der Waals surface area contributed by atoms with Crippen LogP contribution < -0.4 is 0 Å². The molecule has 0 spiro atoms. The third-order valence-corrected chi connectivity index (χ3v) is 3.98. The summed E-state index contributed by atoms with van der Waals surface area (Å²) in [5.74, 6) is -0.840. The average molecular weight is 315 g/mol. The quantitative estimate of drug-likeness (QED) is 0.902. The van der Waals surface area contributed by atoms with Crippen molar-refractivity contribution in [2.45, 2.75) is 31.8 Å². The van der Waals surface area contributed by atoms with Crippen LogP contribution in [0, 0.1) is 0 Å². The molecule has 120 valence electrons. The number of carbonyl (C=O) groups is 2. The van der Waals surface area contributed by atoms with Crippen LogP contribution in [0.5, 0.6) is 0 Å². The predicted octanol–water partition coefficient (Wildman–Crippen LogP) is 0.977. The molecule has 1 N–H and O–H groups in total. The molecule has 1 aliphatic heterocycles. The summed E-state index contributed by atoms with van der Waals surface area (Å²) in [6.45, 7) is 2.09. The fourth-order valence-corrected chi connectivity index (χ4v) is 2.72. The van der Waals surface area contributed by atoms with E-state index < -0.39 is 18.1 Å². The standard InChI is InChI=1S/C15H17N5O3/c1-10(14(21)19-9-5-8-12(19)15(22)23)20-17-13(16-18-20)11-6-3-2-4-7-11/h2-4,6-7,10,12H,5,8-9H2,1H3,(H,22,23)/t10?,12-/m0/s1. The van der Waals surface area contributed by atoms with Crippen LogP contribution in [-0.2, 0) is 9.59 Å². The van der Waals surface area contributed by atoms with Gasteiger partial charge in [0.15, 0.2) is 0 Å². The highest BCUT2D eigenvalue weighted by molar-refractivity contribution is 5.86. The molecule has 2 atom stereocenters. The van der Waals surface area contributed by atoms with E-state index in [4.69, 9.17) is 0 Å². The Kier molecular flexibility index (Phi) is 4.05. The normalized spacial score (nSPS) is 18.8. The summed E-state index contributed by atoms with van der Waals surface area (Å²) < 4.78 is 0. The van der Waals surface area contributed by atoms with Gasteiger partial charge in [-0.1, -0.05) is 30.3 Å². The number of hydrogen-bond acceptors (Lipinski definition) is 5. The third-order valence-electron chi connectivity index (χ3n) is 3.98. The van der Waals surface area contributed by atoms with Crippen molar-refractivity contribution in [1.29, 1.82) is 0 Å². The highest BCUT2D eigenvalue weighted by atomic mass is 16.4. The lowest BCUT2D eigenvalue weighted by molar-refractivity contribution is -0.149. The van der Waals surface area contributed by atoms with E-state index in [1.165, 1.54) is 9.70 Å². The Morgan fingerprint density at radius 2 is 2.04 bits per heavy atom. The van der Waals surface area contributed by atoms with Crippen LogP contribution in [0.15, 0.2) is 30.3 Å². The first kappa shape index (κ1) is 15.1. The largest absolute Gasteiger partial charge is 0.480 e. The number of carboxylic acid groups (broad SMARTS) is 1.